The Morgan fingerprint density at radius 2 is 2.00 bits per heavy atom. The third-order valence-corrected chi connectivity index (χ3v) is 6.31. The van der Waals surface area contributed by atoms with Crippen molar-refractivity contribution in [2.75, 3.05) is 13.1 Å². The molecule has 1 amide bonds. The minimum Gasteiger partial charge on any atom is -0.331 e. The summed E-state index contributed by atoms with van der Waals surface area (Å²) >= 11 is 1.67. The number of nitrogens with zero attached hydrogens (tertiary/aromatic N) is 2. The maximum Gasteiger partial charge on any atom is 0.254 e. The van der Waals surface area contributed by atoms with Crippen LogP contribution >= 0.6 is 23.7 Å². The Bertz CT molecular complexity index is 791. The molecule has 1 unspecified atom stereocenters. The molecule has 4 rings (SSSR count). The molecule has 1 aliphatic carbocycles. The zero-order valence-corrected chi connectivity index (χ0v) is 16.1. The van der Waals surface area contributed by atoms with E-state index in [2.05, 4.69) is 33.1 Å². The maximum atomic E-state index is 13.2. The number of hydrogen-bond donors (Lipinski definition) is 1. The van der Waals surface area contributed by atoms with Crippen LogP contribution in [0.2, 0.25) is 0 Å². The number of piperidine rings is 1. The van der Waals surface area contributed by atoms with Gasteiger partial charge in [-0.1, -0.05) is 0 Å². The van der Waals surface area contributed by atoms with Crippen molar-refractivity contribution in [3.8, 4) is 6.07 Å². The van der Waals surface area contributed by atoms with Crippen LogP contribution in [0.15, 0.2) is 41.1 Å². The van der Waals surface area contributed by atoms with Crippen molar-refractivity contribution in [3.05, 3.63) is 57.8 Å². The second-order valence-electron chi connectivity index (χ2n) is 7.09. The highest BCUT2D eigenvalue weighted by Gasteiger charge is 2.57. The number of carbonyl (C=O) groups excluding carboxylic acids is 1. The highest BCUT2D eigenvalue weighted by Crippen LogP contribution is 2.56. The van der Waals surface area contributed by atoms with Gasteiger partial charge in [-0.25, -0.2) is 0 Å². The molecular weight excluding hydrogens is 366 g/mol. The minimum atomic E-state index is 0. The van der Waals surface area contributed by atoms with Gasteiger partial charge in [0.2, 0.25) is 0 Å². The first-order valence-corrected chi connectivity index (χ1v) is 9.69. The Morgan fingerprint density at radius 3 is 2.62 bits per heavy atom. The molecule has 1 N–H and O–H groups in total. The molecule has 2 aliphatic rings. The molecule has 4 nitrogen and oxygen atoms in total. The topological polar surface area (TPSA) is 56.1 Å². The molecule has 2 heterocycles. The highest BCUT2D eigenvalue weighted by atomic mass is 35.5. The molecule has 1 atom stereocenters. The van der Waals surface area contributed by atoms with E-state index in [-0.39, 0.29) is 18.3 Å². The van der Waals surface area contributed by atoms with Gasteiger partial charge in [-0.05, 0) is 84.4 Å². The summed E-state index contributed by atoms with van der Waals surface area (Å²) in [5.74, 6) is 0.0797. The van der Waals surface area contributed by atoms with E-state index >= 15 is 0 Å². The Balaban J connectivity index is 0.00000196. The van der Waals surface area contributed by atoms with Gasteiger partial charge in [0.05, 0.1) is 11.6 Å². The molecule has 2 aromatic rings. The van der Waals surface area contributed by atoms with Gasteiger partial charge in [-0.2, -0.15) is 16.6 Å². The average Bonchev–Trinajstić information content (AvgIpc) is 3.08. The smallest absolute Gasteiger partial charge is 0.254 e. The first-order chi connectivity index (χ1) is 12.2. The van der Waals surface area contributed by atoms with Crippen molar-refractivity contribution < 1.29 is 4.79 Å². The highest BCUT2D eigenvalue weighted by molar-refractivity contribution is 7.07. The summed E-state index contributed by atoms with van der Waals surface area (Å²) in [7, 11) is 0. The van der Waals surface area contributed by atoms with Crippen LogP contribution in [0.5, 0.6) is 0 Å². The van der Waals surface area contributed by atoms with Gasteiger partial charge in [0.25, 0.3) is 5.91 Å². The Hall–Kier alpha value is -1.87. The van der Waals surface area contributed by atoms with Crippen LogP contribution in [0.4, 0.5) is 0 Å². The van der Waals surface area contributed by atoms with E-state index in [1.807, 2.05) is 0 Å². The fraction of sp³-hybridized carbons (Fsp3) is 0.400. The molecule has 1 aromatic heterocycles. The number of nitriles is 1. The van der Waals surface area contributed by atoms with Crippen LogP contribution < -0.4 is 5.32 Å². The zero-order chi connectivity index (χ0) is 17.3. The molecule has 1 saturated carbocycles. The molecule has 1 spiro atoms. The lowest BCUT2D eigenvalue weighted by Gasteiger charge is -2.29. The quantitative estimate of drug-likeness (QED) is 0.867. The zero-order valence-electron chi connectivity index (χ0n) is 14.5. The van der Waals surface area contributed by atoms with E-state index in [0.29, 0.717) is 29.1 Å². The SMILES string of the molecule is Cl.N#Cc1ccc(C(=O)N(Cc2ccsc2)C2CC23CCNCC3)cc1. The standard InChI is InChI=1S/C20H21N3OS.ClH/c21-12-15-1-3-17(4-2-15)19(24)23(13-16-5-10-25-14-16)18-11-20(18)6-8-22-9-7-20;/h1-5,10,14,18,22H,6-9,11,13H2;1H. The monoisotopic (exact) mass is 387 g/mol. The van der Waals surface area contributed by atoms with Crippen LogP contribution in [-0.4, -0.2) is 29.9 Å². The number of amides is 1. The molecule has 1 aromatic carbocycles. The number of rotatable bonds is 4. The van der Waals surface area contributed by atoms with Gasteiger partial charge < -0.3 is 10.2 Å². The van der Waals surface area contributed by atoms with Crippen molar-refractivity contribution in [3.63, 3.8) is 0 Å². The number of hydrogen-bond acceptors (Lipinski definition) is 4. The number of thiophene rings is 1. The third-order valence-electron chi connectivity index (χ3n) is 5.58. The first-order valence-electron chi connectivity index (χ1n) is 8.75. The molecular formula is C20H22ClN3OS. The van der Waals surface area contributed by atoms with E-state index < -0.39 is 0 Å². The van der Waals surface area contributed by atoms with E-state index in [1.165, 1.54) is 5.56 Å². The molecule has 1 aliphatic heterocycles. The van der Waals surface area contributed by atoms with Crippen molar-refractivity contribution >= 4 is 29.7 Å². The Kier molecular flexibility index (Phi) is 5.67. The number of halogens is 1. The van der Waals surface area contributed by atoms with E-state index in [0.717, 1.165) is 32.4 Å². The van der Waals surface area contributed by atoms with E-state index in [4.69, 9.17) is 5.26 Å². The summed E-state index contributed by atoms with van der Waals surface area (Å²) in [6.07, 6.45) is 3.41. The second kappa shape index (κ2) is 7.79. The number of carbonyl (C=O) groups is 1. The van der Waals surface area contributed by atoms with Crippen molar-refractivity contribution in [2.45, 2.75) is 31.8 Å². The van der Waals surface area contributed by atoms with Gasteiger partial charge >= 0.3 is 0 Å². The van der Waals surface area contributed by atoms with E-state index in [1.54, 1.807) is 35.6 Å². The Morgan fingerprint density at radius 1 is 1.27 bits per heavy atom. The summed E-state index contributed by atoms with van der Waals surface area (Å²) in [4.78, 5) is 15.3. The molecule has 26 heavy (non-hydrogen) atoms. The van der Waals surface area contributed by atoms with E-state index in [9.17, 15) is 4.79 Å². The van der Waals surface area contributed by atoms with Crippen LogP contribution in [0.25, 0.3) is 0 Å². The van der Waals surface area contributed by atoms with Crippen molar-refractivity contribution in [1.82, 2.24) is 10.2 Å². The molecule has 1 saturated heterocycles. The summed E-state index contributed by atoms with van der Waals surface area (Å²) in [6, 6.07) is 11.5. The van der Waals surface area contributed by atoms with Gasteiger partial charge in [0.15, 0.2) is 0 Å². The molecule has 2 fully saturated rings. The van der Waals surface area contributed by atoms with Crippen molar-refractivity contribution in [1.29, 1.82) is 5.26 Å². The van der Waals surface area contributed by atoms with Gasteiger partial charge in [0.1, 0.15) is 0 Å². The first kappa shape index (κ1) is 18.9. The summed E-state index contributed by atoms with van der Waals surface area (Å²) < 4.78 is 0. The summed E-state index contributed by atoms with van der Waals surface area (Å²) in [5.41, 5.74) is 2.76. The lowest BCUT2D eigenvalue weighted by molar-refractivity contribution is 0.0692. The lowest BCUT2D eigenvalue weighted by atomic mass is 9.93. The van der Waals surface area contributed by atoms with Crippen LogP contribution in [0.1, 0.15) is 40.7 Å². The fourth-order valence-electron chi connectivity index (χ4n) is 3.98. The Labute approximate surface area is 164 Å². The van der Waals surface area contributed by atoms with Crippen LogP contribution in [-0.2, 0) is 6.54 Å². The normalized spacial score (nSPS) is 20.0. The summed E-state index contributed by atoms with van der Waals surface area (Å²) in [6.45, 7) is 2.77. The van der Waals surface area contributed by atoms with Crippen molar-refractivity contribution in [2.24, 2.45) is 5.41 Å². The molecule has 0 radical (unpaired) electrons. The lowest BCUT2D eigenvalue weighted by Crippen LogP contribution is -2.39. The number of benzene rings is 1. The largest absolute Gasteiger partial charge is 0.331 e. The predicted octanol–water partition coefficient (Wildman–Crippen LogP) is 3.83. The van der Waals surface area contributed by atoms with Crippen LogP contribution in [0, 0.1) is 16.7 Å². The maximum absolute atomic E-state index is 13.2. The van der Waals surface area contributed by atoms with Gasteiger partial charge in [-0.3, -0.25) is 4.79 Å². The second-order valence-corrected chi connectivity index (χ2v) is 7.87. The van der Waals surface area contributed by atoms with Gasteiger partial charge in [-0.15, -0.1) is 12.4 Å². The fourth-order valence-corrected chi connectivity index (χ4v) is 4.64. The minimum absolute atomic E-state index is 0. The third kappa shape index (κ3) is 3.64. The molecule has 6 heteroatoms. The average molecular weight is 388 g/mol. The molecule has 0 bridgehead atoms. The summed E-state index contributed by atoms with van der Waals surface area (Å²) in [5, 5.41) is 16.6. The van der Waals surface area contributed by atoms with Crippen LogP contribution in [0.3, 0.4) is 0 Å². The van der Waals surface area contributed by atoms with Gasteiger partial charge in [0, 0.05) is 18.2 Å². The number of nitrogens with one attached hydrogen (secondary N) is 1. The predicted molar refractivity (Wildman–Crippen MR) is 106 cm³/mol. The molecule has 136 valence electrons.